The summed E-state index contributed by atoms with van der Waals surface area (Å²) in [6.07, 6.45) is 0.749. The molecule has 3 rings (SSSR count). The van der Waals surface area contributed by atoms with E-state index >= 15 is 0 Å². The van der Waals surface area contributed by atoms with Crippen LogP contribution in [0.3, 0.4) is 0 Å². The van der Waals surface area contributed by atoms with Crippen molar-refractivity contribution in [3.63, 3.8) is 0 Å². The summed E-state index contributed by atoms with van der Waals surface area (Å²) in [4.78, 5) is 30.4. The van der Waals surface area contributed by atoms with E-state index in [1.54, 1.807) is 42.5 Å². The van der Waals surface area contributed by atoms with Gasteiger partial charge in [0.2, 0.25) is 0 Å². The Kier molecular flexibility index (Phi) is 5.62. The molecule has 0 aliphatic carbocycles. The van der Waals surface area contributed by atoms with Gasteiger partial charge in [-0.1, -0.05) is 18.7 Å². The summed E-state index contributed by atoms with van der Waals surface area (Å²) < 4.78 is 11.6. The average Bonchev–Trinajstić information content (AvgIpc) is 3.02. The monoisotopic (exact) mass is 392 g/mol. The highest BCUT2D eigenvalue weighted by Crippen LogP contribution is 2.35. The Balaban J connectivity index is 2.12. The molecule has 6 nitrogen and oxygen atoms in total. The lowest BCUT2D eigenvalue weighted by Crippen LogP contribution is -2.25. The van der Waals surface area contributed by atoms with E-state index in [0.717, 1.165) is 12.1 Å². The van der Waals surface area contributed by atoms with E-state index in [1.165, 1.54) is 18.9 Å². The van der Waals surface area contributed by atoms with E-state index in [9.17, 15) is 9.59 Å². The molecule has 2 aromatic rings. The minimum atomic E-state index is -0.471. The first-order chi connectivity index (χ1) is 12.4. The van der Waals surface area contributed by atoms with Gasteiger partial charge in [-0.2, -0.15) is 0 Å². The second kappa shape index (κ2) is 7.75. The zero-order valence-corrected chi connectivity index (χ0v) is 16.6. The number of methoxy groups -OCH3 is 2. The maximum absolute atomic E-state index is 13.1. The average molecular weight is 393 g/mol. The molecule has 0 unspecified atom stereocenters. The largest absolute Gasteiger partial charge is 0.497 e. The molecule has 0 spiro atoms. The molecule has 8 heteroatoms. The molecule has 0 saturated heterocycles. The zero-order chi connectivity index (χ0) is 18.8. The minimum Gasteiger partial charge on any atom is -0.497 e. The van der Waals surface area contributed by atoms with Crippen molar-refractivity contribution in [1.82, 2.24) is 9.55 Å². The molecule has 1 aliphatic heterocycles. The van der Waals surface area contributed by atoms with E-state index in [-0.39, 0.29) is 11.5 Å². The van der Waals surface area contributed by atoms with Crippen LogP contribution in [0.1, 0.15) is 19.5 Å². The van der Waals surface area contributed by atoms with Crippen molar-refractivity contribution in [3.8, 4) is 11.4 Å². The third-order valence-electron chi connectivity index (χ3n) is 4.03. The first-order valence-corrected chi connectivity index (χ1v) is 9.92. The Hall–Kier alpha value is -1.93. The van der Waals surface area contributed by atoms with Crippen molar-refractivity contribution in [2.45, 2.75) is 40.8 Å². The van der Waals surface area contributed by atoms with Gasteiger partial charge in [0.05, 0.1) is 30.5 Å². The SMILES string of the molecule is COC(=O)[C@@H](C)Sc1nc2c(c(=O)n1-c1ccc(OC)cc1)S[C@@H](C)C2. The molecule has 0 saturated carbocycles. The molecule has 1 aromatic heterocycles. The molecular formula is C18H20N2O4S2. The van der Waals surface area contributed by atoms with Gasteiger partial charge in [-0.15, -0.1) is 11.8 Å². The van der Waals surface area contributed by atoms with E-state index < -0.39 is 5.25 Å². The number of thioether (sulfide) groups is 2. The Morgan fingerprint density at radius 1 is 1.35 bits per heavy atom. The number of esters is 1. The molecular weight excluding hydrogens is 372 g/mol. The number of carbonyl (C=O) groups is 1. The Morgan fingerprint density at radius 3 is 2.65 bits per heavy atom. The number of benzene rings is 1. The molecule has 0 radical (unpaired) electrons. The Labute approximate surface area is 160 Å². The maximum Gasteiger partial charge on any atom is 0.318 e. The van der Waals surface area contributed by atoms with Gasteiger partial charge < -0.3 is 9.47 Å². The molecule has 1 aliphatic rings. The molecule has 2 heterocycles. The topological polar surface area (TPSA) is 70.4 Å². The molecule has 138 valence electrons. The molecule has 0 amide bonds. The van der Waals surface area contributed by atoms with Gasteiger partial charge in [-0.25, -0.2) is 4.98 Å². The van der Waals surface area contributed by atoms with Crippen LogP contribution in [0.4, 0.5) is 0 Å². The number of rotatable bonds is 5. The van der Waals surface area contributed by atoms with Gasteiger partial charge in [-0.05, 0) is 31.2 Å². The number of aromatic nitrogens is 2. The van der Waals surface area contributed by atoms with Crippen molar-refractivity contribution < 1.29 is 14.3 Å². The van der Waals surface area contributed by atoms with Gasteiger partial charge in [0.15, 0.2) is 5.16 Å². The standard InChI is InChI=1S/C18H20N2O4S2/c1-10-9-14-15(25-10)16(21)20(12-5-7-13(23-3)8-6-12)18(19-14)26-11(2)17(22)24-4/h5-8,10-11H,9H2,1-4H3/t10-,11+/m0/s1. The van der Waals surface area contributed by atoms with Crippen LogP contribution in [0.2, 0.25) is 0 Å². The summed E-state index contributed by atoms with van der Waals surface area (Å²) in [6.45, 7) is 3.82. The van der Waals surface area contributed by atoms with Crippen LogP contribution >= 0.6 is 23.5 Å². The van der Waals surface area contributed by atoms with Crippen molar-refractivity contribution in [2.24, 2.45) is 0 Å². The Morgan fingerprint density at radius 2 is 2.04 bits per heavy atom. The second-order valence-electron chi connectivity index (χ2n) is 5.92. The van der Waals surface area contributed by atoms with Gasteiger partial charge in [0, 0.05) is 11.7 Å². The van der Waals surface area contributed by atoms with Crippen LogP contribution in [0, 0.1) is 0 Å². The molecule has 26 heavy (non-hydrogen) atoms. The number of carbonyl (C=O) groups excluding carboxylic acids is 1. The third kappa shape index (κ3) is 3.61. The smallest absolute Gasteiger partial charge is 0.318 e. The highest BCUT2D eigenvalue weighted by Gasteiger charge is 2.28. The number of hydrogen-bond acceptors (Lipinski definition) is 7. The second-order valence-corrected chi connectivity index (χ2v) is 8.68. The van der Waals surface area contributed by atoms with Gasteiger partial charge in [-0.3, -0.25) is 14.2 Å². The maximum atomic E-state index is 13.1. The molecule has 1 aromatic carbocycles. The minimum absolute atomic E-state index is 0.103. The number of fused-ring (bicyclic) bond motifs is 1. The predicted molar refractivity (Wildman–Crippen MR) is 103 cm³/mol. The number of hydrogen-bond donors (Lipinski definition) is 0. The number of nitrogens with zero attached hydrogens (tertiary/aromatic N) is 2. The van der Waals surface area contributed by atoms with Gasteiger partial charge in [0.25, 0.3) is 5.56 Å². The predicted octanol–water partition coefficient (Wildman–Crippen LogP) is 2.93. The van der Waals surface area contributed by atoms with Gasteiger partial charge in [0.1, 0.15) is 11.0 Å². The van der Waals surface area contributed by atoms with Crippen molar-refractivity contribution in [1.29, 1.82) is 0 Å². The van der Waals surface area contributed by atoms with Crippen molar-refractivity contribution in [2.75, 3.05) is 14.2 Å². The van der Waals surface area contributed by atoms with E-state index in [4.69, 9.17) is 14.5 Å². The quantitative estimate of drug-likeness (QED) is 0.440. The fourth-order valence-corrected chi connectivity index (χ4v) is 4.78. The lowest BCUT2D eigenvalue weighted by Gasteiger charge is -2.16. The van der Waals surface area contributed by atoms with E-state index in [2.05, 4.69) is 6.92 Å². The Bertz CT molecular complexity index is 880. The van der Waals surface area contributed by atoms with Crippen LogP contribution in [0.5, 0.6) is 5.75 Å². The van der Waals surface area contributed by atoms with Crippen LogP contribution in [0.25, 0.3) is 5.69 Å². The lowest BCUT2D eigenvalue weighted by atomic mass is 10.2. The summed E-state index contributed by atoms with van der Waals surface area (Å²) in [6, 6.07) is 7.21. The summed E-state index contributed by atoms with van der Waals surface area (Å²) in [5.41, 5.74) is 1.39. The first kappa shape index (κ1) is 18.8. The molecule has 0 fully saturated rings. The number of ether oxygens (including phenoxy) is 2. The van der Waals surface area contributed by atoms with Crippen LogP contribution in [-0.4, -0.2) is 40.2 Å². The van der Waals surface area contributed by atoms with E-state index in [1.807, 2.05) is 12.1 Å². The lowest BCUT2D eigenvalue weighted by molar-refractivity contribution is -0.139. The van der Waals surface area contributed by atoms with E-state index in [0.29, 0.717) is 26.7 Å². The van der Waals surface area contributed by atoms with Crippen molar-refractivity contribution >= 4 is 29.5 Å². The first-order valence-electron chi connectivity index (χ1n) is 8.16. The molecule has 0 bridgehead atoms. The summed E-state index contributed by atoms with van der Waals surface area (Å²) >= 11 is 2.78. The molecule has 0 N–H and O–H groups in total. The van der Waals surface area contributed by atoms with Crippen molar-refractivity contribution in [3.05, 3.63) is 40.3 Å². The fourth-order valence-electron chi connectivity index (χ4n) is 2.71. The highest BCUT2D eigenvalue weighted by atomic mass is 32.2. The fraction of sp³-hybridized carbons (Fsp3) is 0.389. The van der Waals surface area contributed by atoms with Gasteiger partial charge >= 0.3 is 5.97 Å². The van der Waals surface area contributed by atoms with Crippen LogP contribution in [-0.2, 0) is 16.0 Å². The van der Waals surface area contributed by atoms with Crippen LogP contribution in [0.15, 0.2) is 39.1 Å². The summed E-state index contributed by atoms with van der Waals surface area (Å²) in [7, 11) is 2.94. The molecule has 2 atom stereocenters. The normalized spacial score (nSPS) is 16.8. The third-order valence-corrected chi connectivity index (χ3v) is 6.27. The highest BCUT2D eigenvalue weighted by molar-refractivity contribution is 8.00. The zero-order valence-electron chi connectivity index (χ0n) is 15.0. The van der Waals surface area contributed by atoms with Crippen LogP contribution < -0.4 is 10.3 Å². The summed E-state index contributed by atoms with van der Waals surface area (Å²) in [5, 5.41) is 0.334. The summed E-state index contributed by atoms with van der Waals surface area (Å²) in [5.74, 6) is 0.352.